The number of aromatic nitrogens is 1. The maximum absolute atomic E-state index is 12.2. The second-order valence-electron chi connectivity index (χ2n) is 6.22. The van der Waals surface area contributed by atoms with Crippen molar-refractivity contribution in [2.24, 2.45) is 11.8 Å². The summed E-state index contributed by atoms with van der Waals surface area (Å²) in [7, 11) is 0. The lowest BCUT2D eigenvalue weighted by Gasteiger charge is -2.26. The average molecular weight is 322 g/mol. The van der Waals surface area contributed by atoms with Gasteiger partial charge < -0.3 is 10.4 Å². The lowest BCUT2D eigenvalue weighted by atomic mass is 9.81. The van der Waals surface area contributed by atoms with Crippen molar-refractivity contribution >= 4 is 23.5 Å². The molecule has 22 heavy (non-hydrogen) atoms. The fraction of sp³-hybridized carbons (Fsp3) is 0.647. The van der Waals surface area contributed by atoms with Crippen molar-refractivity contribution in [3.05, 3.63) is 23.9 Å². The summed E-state index contributed by atoms with van der Waals surface area (Å²) in [6.07, 6.45) is 7.21. The summed E-state index contributed by atoms with van der Waals surface area (Å²) in [4.78, 5) is 16.4. The Hall–Kier alpha value is -1.07. The molecule has 1 amide bonds. The van der Waals surface area contributed by atoms with E-state index >= 15 is 0 Å². The van der Waals surface area contributed by atoms with E-state index in [0.717, 1.165) is 23.0 Å². The van der Waals surface area contributed by atoms with Gasteiger partial charge in [-0.25, -0.2) is 4.98 Å². The number of amides is 1. The summed E-state index contributed by atoms with van der Waals surface area (Å²) in [5.74, 6) is 3.53. The van der Waals surface area contributed by atoms with Crippen LogP contribution >= 0.6 is 11.8 Å². The number of nitrogens with zero attached hydrogens (tertiary/aromatic N) is 1. The summed E-state index contributed by atoms with van der Waals surface area (Å²) in [5, 5.41) is 11.7. The van der Waals surface area contributed by atoms with Crippen molar-refractivity contribution in [1.82, 2.24) is 4.98 Å². The van der Waals surface area contributed by atoms with Gasteiger partial charge in [0.05, 0.1) is 6.61 Å². The Morgan fingerprint density at radius 2 is 2.36 bits per heavy atom. The molecule has 0 aliphatic heterocycles. The van der Waals surface area contributed by atoms with E-state index in [2.05, 4.69) is 17.2 Å². The molecule has 0 aromatic carbocycles. The molecule has 1 aliphatic rings. The van der Waals surface area contributed by atoms with Crippen LogP contribution in [0.2, 0.25) is 0 Å². The second-order valence-corrected chi connectivity index (χ2v) is 7.32. The van der Waals surface area contributed by atoms with Crippen LogP contribution in [0.25, 0.3) is 0 Å². The molecule has 1 saturated carbocycles. The molecule has 5 heteroatoms. The van der Waals surface area contributed by atoms with Crippen molar-refractivity contribution in [1.29, 1.82) is 0 Å². The van der Waals surface area contributed by atoms with Crippen LogP contribution in [-0.2, 0) is 10.5 Å². The molecule has 122 valence electrons. The molecule has 0 spiro atoms. The summed E-state index contributed by atoms with van der Waals surface area (Å²) >= 11 is 1.67. The molecule has 1 aromatic rings. The maximum atomic E-state index is 12.2. The number of hydrogen-bond acceptors (Lipinski definition) is 4. The molecule has 2 rings (SSSR count). The van der Waals surface area contributed by atoms with E-state index in [1.54, 1.807) is 18.0 Å². The Morgan fingerprint density at radius 3 is 3.14 bits per heavy atom. The lowest BCUT2D eigenvalue weighted by Crippen LogP contribution is -2.21. The Balaban J connectivity index is 1.81. The Bertz CT molecular complexity index is 481. The van der Waals surface area contributed by atoms with Crippen molar-refractivity contribution < 1.29 is 9.90 Å². The zero-order chi connectivity index (χ0) is 15.8. The summed E-state index contributed by atoms with van der Waals surface area (Å²) in [5.41, 5.74) is 1.12. The van der Waals surface area contributed by atoms with Crippen LogP contribution in [0, 0.1) is 11.8 Å². The maximum Gasteiger partial charge on any atom is 0.225 e. The molecule has 2 unspecified atom stereocenters. The minimum absolute atomic E-state index is 0.0757. The van der Waals surface area contributed by atoms with Gasteiger partial charge >= 0.3 is 0 Å². The summed E-state index contributed by atoms with van der Waals surface area (Å²) in [6, 6.07) is 3.87. The highest BCUT2D eigenvalue weighted by Crippen LogP contribution is 2.30. The number of anilines is 1. The first-order valence-electron chi connectivity index (χ1n) is 8.10. The highest BCUT2D eigenvalue weighted by Gasteiger charge is 2.21. The van der Waals surface area contributed by atoms with E-state index in [1.807, 2.05) is 12.1 Å². The van der Waals surface area contributed by atoms with E-state index < -0.39 is 0 Å². The number of nitrogens with one attached hydrogen (secondary N) is 1. The van der Waals surface area contributed by atoms with E-state index in [9.17, 15) is 4.79 Å². The molecular formula is C17H26N2O2S. The van der Waals surface area contributed by atoms with Gasteiger partial charge in [-0.3, -0.25) is 4.79 Å². The predicted octanol–water partition coefficient (Wildman–Crippen LogP) is 3.46. The smallest absolute Gasteiger partial charge is 0.225 e. The first-order chi connectivity index (χ1) is 10.7. The van der Waals surface area contributed by atoms with Gasteiger partial charge in [0.1, 0.15) is 5.82 Å². The van der Waals surface area contributed by atoms with E-state index in [0.29, 0.717) is 18.2 Å². The molecule has 0 saturated heterocycles. The topological polar surface area (TPSA) is 62.2 Å². The molecule has 1 heterocycles. The Morgan fingerprint density at radius 1 is 1.50 bits per heavy atom. The standard InChI is InChI=1S/C17H26N2O2S/c1-13-3-2-4-14(9-13)11-17(21)19-16-10-15(5-6-18-16)12-22-8-7-20/h5-6,10,13-14,20H,2-4,7-9,11-12H2,1H3,(H,18,19,21). The summed E-state index contributed by atoms with van der Waals surface area (Å²) < 4.78 is 0. The second kappa shape index (κ2) is 9.16. The van der Waals surface area contributed by atoms with Crippen molar-refractivity contribution in [3.63, 3.8) is 0 Å². The number of pyridine rings is 1. The van der Waals surface area contributed by atoms with E-state index in [-0.39, 0.29) is 12.5 Å². The molecule has 1 aromatic heterocycles. The first kappa shape index (κ1) is 17.3. The molecular weight excluding hydrogens is 296 g/mol. The Labute approximate surface area is 137 Å². The van der Waals surface area contributed by atoms with Crippen LogP contribution in [0.1, 0.15) is 44.6 Å². The van der Waals surface area contributed by atoms with Crippen LogP contribution < -0.4 is 5.32 Å². The number of carbonyl (C=O) groups excluding carboxylic acids is 1. The third-order valence-corrected chi connectivity index (χ3v) is 5.12. The van der Waals surface area contributed by atoms with Gasteiger partial charge in [0.2, 0.25) is 5.91 Å². The molecule has 2 atom stereocenters. The lowest BCUT2D eigenvalue weighted by molar-refractivity contribution is -0.117. The molecule has 1 fully saturated rings. The Kier molecular flexibility index (Phi) is 7.19. The van der Waals surface area contributed by atoms with E-state index in [1.165, 1.54) is 25.7 Å². The predicted molar refractivity (Wildman–Crippen MR) is 91.9 cm³/mol. The number of hydrogen-bond donors (Lipinski definition) is 2. The van der Waals surface area contributed by atoms with Gasteiger partial charge in [-0.15, -0.1) is 0 Å². The van der Waals surface area contributed by atoms with Crippen LogP contribution in [0.5, 0.6) is 0 Å². The van der Waals surface area contributed by atoms with Gasteiger partial charge in [0, 0.05) is 24.1 Å². The van der Waals surface area contributed by atoms with Crippen LogP contribution in [0.3, 0.4) is 0 Å². The molecule has 2 N–H and O–H groups in total. The van der Waals surface area contributed by atoms with Crippen LogP contribution in [0.15, 0.2) is 18.3 Å². The zero-order valence-corrected chi connectivity index (χ0v) is 14.1. The highest BCUT2D eigenvalue weighted by atomic mass is 32.2. The largest absolute Gasteiger partial charge is 0.396 e. The SMILES string of the molecule is CC1CCCC(CC(=O)Nc2cc(CSCCO)ccn2)C1. The third kappa shape index (κ3) is 5.97. The van der Waals surface area contributed by atoms with E-state index in [4.69, 9.17) is 5.11 Å². The number of aliphatic hydroxyl groups is 1. The van der Waals surface area contributed by atoms with Crippen molar-refractivity contribution in [3.8, 4) is 0 Å². The molecule has 1 aliphatic carbocycles. The average Bonchev–Trinajstić information content (AvgIpc) is 2.48. The number of rotatable bonds is 7. The minimum atomic E-state index is 0.0757. The number of thioether (sulfide) groups is 1. The highest BCUT2D eigenvalue weighted by molar-refractivity contribution is 7.98. The monoisotopic (exact) mass is 322 g/mol. The van der Waals surface area contributed by atoms with Crippen LogP contribution in [-0.4, -0.2) is 28.4 Å². The number of aliphatic hydroxyl groups excluding tert-OH is 1. The summed E-state index contributed by atoms with van der Waals surface area (Å²) in [6.45, 7) is 2.47. The zero-order valence-electron chi connectivity index (χ0n) is 13.3. The molecule has 0 radical (unpaired) electrons. The quantitative estimate of drug-likeness (QED) is 0.755. The fourth-order valence-electron chi connectivity index (χ4n) is 3.09. The third-order valence-electron chi connectivity index (χ3n) is 4.12. The minimum Gasteiger partial charge on any atom is -0.396 e. The first-order valence-corrected chi connectivity index (χ1v) is 9.26. The van der Waals surface area contributed by atoms with Gasteiger partial charge in [-0.1, -0.05) is 19.8 Å². The van der Waals surface area contributed by atoms with Gasteiger partial charge in [-0.05, 0) is 42.4 Å². The van der Waals surface area contributed by atoms with Crippen molar-refractivity contribution in [2.75, 3.05) is 17.7 Å². The van der Waals surface area contributed by atoms with Gasteiger partial charge in [0.25, 0.3) is 0 Å². The molecule has 0 bridgehead atoms. The van der Waals surface area contributed by atoms with Crippen molar-refractivity contribution in [2.45, 2.75) is 44.8 Å². The molecule has 4 nitrogen and oxygen atoms in total. The van der Waals surface area contributed by atoms with Gasteiger partial charge in [-0.2, -0.15) is 11.8 Å². The number of carbonyl (C=O) groups is 1. The fourth-order valence-corrected chi connectivity index (χ4v) is 3.78. The van der Waals surface area contributed by atoms with Gasteiger partial charge in [0.15, 0.2) is 0 Å². The normalized spacial score (nSPS) is 21.5. The van der Waals surface area contributed by atoms with Crippen LogP contribution in [0.4, 0.5) is 5.82 Å².